The van der Waals surface area contributed by atoms with E-state index in [1.54, 1.807) is 11.3 Å². The minimum Gasteiger partial charge on any atom is -0.396 e. The van der Waals surface area contributed by atoms with E-state index in [0.29, 0.717) is 24.3 Å². The number of aliphatic hydroxyl groups is 1. The summed E-state index contributed by atoms with van der Waals surface area (Å²) >= 11 is 7.86. The number of aliphatic hydroxyl groups excluding tert-OH is 1. The molecule has 0 radical (unpaired) electrons. The minimum absolute atomic E-state index is 0.171. The SMILES string of the molecule is CC(C)(C)C1CCc2c(sc3nc(Cl)nc(NCCCO)c23)C1. The van der Waals surface area contributed by atoms with Crippen LogP contribution in [0.2, 0.25) is 5.28 Å². The number of hydrogen-bond donors (Lipinski definition) is 2. The van der Waals surface area contributed by atoms with Crippen LogP contribution in [0.4, 0.5) is 5.82 Å². The molecular weight excluding hydrogens is 330 g/mol. The first kappa shape index (κ1) is 16.9. The van der Waals surface area contributed by atoms with Crippen molar-refractivity contribution < 1.29 is 5.11 Å². The summed E-state index contributed by atoms with van der Waals surface area (Å²) in [6.45, 7) is 7.84. The molecule has 0 bridgehead atoms. The highest BCUT2D eigenvalue weighted by Gasteiger charge is 2.31. The molecule has 1 aliphatic rings. The third-order valence-electron chi connectivity index (χ3n) is 4.73. The number of nitrogens with zero attached hydrogens (tertiary/aromatic N) is 2. The number of thiophene rings is 1. The molecule has 0 saturated carbocycles. The van der Waals surface area contributed by atoms with Gasteiger partial charge in [0.05, 0.1) is 5.39 Å². The summed E-state index contributed by atoms with van der Waals surface area (Å²) in [6.07, 6.45) is 4.10. The van der Waals surface area contributed by atoms with E-state index >= 15 is 0 Å². The molecule has 1 unspecified atom stereocenters. The quantitative estimate of drug-likeness (QED) is 0.636. The molecule has 1 atom stereocenters. The molecule has 126 valence electrons. The van der Waals surface area contributed by atoms with Gasteiger partial charge in [0.1, 0.15) is 10.6 Å². The van der Waals surface area contributed by atoms with Crippen LogP contribution in [0.3, 0.4) is 0 Å². The van der Waals surface area contributed by atoms with E-state index in [2.05, 4.69) is 36.1 Å². The molecule has 0 aliphatic heterocycles. The number of hydrogen-bond acceptors (Lipinski definition) is 5. The van der Waals surface area contributed by atoms with Gasteiger partial charge in [0.25, 0.3) is 0 Å². The van der Waals surface area contributed by atoms with Crippen LogP contribution in [-0.4, -0.2) is 28.2 Å². The normalized spacial score (nSPS) is 18.2. The summed E-state index contributed by atoms with van der Waals surface area (Å²) in [7, 11) is 0. The molecule has 23 heavy (non-hydrogen) atoms. The standard InChI is InChI=1S/C17H24ClN3OS/c1-17(2,3)10-5-6-11-12(9-10)23-15-13(11)14(19-7-4-8-22)20-16(18)21-15/h10,22H,4-9H2,1-3H3,(H,19,20,21). The number of anilines is 1. The van der Waals surface area contributed by atoms with Crippen molar-refractivity contribution in [2.75, 3.05) is 18.5 Å². The van der Waals surface area contributed by atoms with Crippen LogP contribution in [0.15, 0.2) is 0 Å². The molecule has 2 N–H and O–H groups in total. The Balaban J connectivity index is 1.99. The van der Waals surface area contributed by atoms with Crippen molar-refractivity contribution in [3.05, 3.63) is 15.7 Å². The molecule has 2 aromatic heterocycles. The van der Waals surface area contributed by atoms with Gasteiger partial charge in [-0.25, -0.2) is 9.97 Å². The van der Waals surface area contributed by atoms with Gasteiger partial charge in [0.15, 0.2) is 0 Å². The van der Waals surface area contributed by atoms with E-state index in [0.717, 1.165) is 28.9 Å². The maximum atomic E-state index is 8.97. The predicted molar refractivity (Wildman–Crippen MR) is 97.6 cm³/mol. The van der Waals surface area contributed by atoms with Crippen molar-refractivity contribution in [1.29, 1.82) is 0 Å². The van der Waals surface area contributed by atoms with E-state index in [9.17, 15) is 0 Å². The Morgan fingerprint density at radius 3 is 2.83 bits per heavy atom. The third kappa shape index (κ3) is 3.47. The van der Waals surface area contributed by atoms with Gasteiger partial charge in [-0.1, -0.05) is 20.8 Å². The predicted octanol–water partition coefficient (Wildman–Crippen LogP) is 4.29. The van der Waals surface area contributed by atoms with E-state index in [-0.39, 0.29) is 11.9 Å². The van der Waals surface area contributed by atoms with Gasteiger partial charge in [0, 0.05) is 18.0 Å². The summed E-state index contributed by atoms with van der Waals surface area (Å²) in [5.41, 5.74) is 1.73. The molecule has 0 fully saturated rings. The van der Waals surface area contributed by atoms with Crippen LogP contribution in [0.5, 0.6) is 0 Å². The van der Waals surface area contributed by atoms with Crippen molar-refractivity contribution in [2.24, 2.45) is 11.3 Å². The first-order chi connectivity index (χ1) is 10.9. The highest BCUT2D eigenvalue weighted by Crippen LogP contribution is 2.44. The van der Waals surface area contributed by atoms with Gasteiger partial charge >= 0.3 is 0 Å². The Bertz CT molecular complexity index is 708. The largest absolute Gasteiger partial charge is 0.396 e. The van der Waals surface area contributed by atoms with E-state index in [1.165, 1.54) is 16.9 Å². The topological polar surface area (TPSA) is 58.0 Å². The minimum atomic E-state index is 0.171. The van der Waals surface area contributed by atoms with Gasteiger partial charge in [-0.3, -0.25) is 0 Å². The average molecular weight is 354 g/mol. The van der Waals surface area contributed by atoms with Gasteiger partial charge in [-0.15, -0.1) is 11.3 Å². The number of fused-ring (bicyclic) bond motifs is 3. The fourth-order valence-electron chi connectivity index (χ4n) is 3.30. The van der Waals surface area contributed by atoms with Crippen LogP contribution in [0.1, 0.15) is 44.1 Å². The van der Waals surface area contributed by atoms with Crippen molar-refractivity contribution in [3.8, 4) is 0 Å². The van der Waals surface area contributed by atoms with E-state index < -0.39 is 0 Å². The van der Waals surface area contributed by atoms with Crippen LogP contribution >= 0.6 is 22.9 Å². The van der Waals surface area contributed by atoms with Gasteiger partial charge in [-0.05, 0) is 54.2 Å². The molecule has 0 spiro atoms. The summed E-state index contributed by atoms with van der Waals surface area (Å²) in [6, 6.07) is 0. The summed E-state index contributed by atoms with van der Waals surface area (Å²) < 4.78 is 0. The highest BCUT2D eigenvalue weighted by molar-refractivity contribution is 7.19. The second-order valence-electron chi connectivity index (χ2n) is 7.33. The summed E-state index contributed by atoms with van der Waals surface area (Å²) in [5.74, 6) is 1.53. The number of halogens is 1. The summed E-state index contributed by atoms with van der Waals surface area (Å²) in [5, 5.41) is 13.7. The maximum Gasteiger partial charge on any atom is 0.225 e. The smallest absolute Gasteiger partial charge is 0.225 e. The van der Waals surface area contributed by atoms with Gasteiger partial charge in [0.2, 0.25) is 5.28 Å². The van der Waals surface area contributed by atoms with Crippen LogP contribution < -0.4 is 5.32 Å². The molecule has 2 heterocycles. The zero-order valence-electron chi connectivity index (χ0n) is 13.9. The van der Waals surface area contributed by atoms with E-state index in [4.69, 9.17) is 16.7 Å². The van der Waals surface area contributed by atoms with Crippen molar-refractivity contribution >= 4 is 39.0 Å². The monoisotopic (exact) mass is 353 g/mol. The second-order valence-corrected chi connectivity index (χ2v) is 8.76. The lowest BCUT2D eigenvalue weighted by Crippen LogP contribution is -2.26. The van der Waals surface area contributed by atoms with Gasteiger partial charge in [-0.2, -0.15) is 0 Å². The number of aromatic nitrogens is 2. The molecule has 0 saturated heterocycles. The lowest BCUT2D eigenvalue weighted by Gasteiger charge is -2.33. The average Bonchev–Trinajstić information content (AvgIpc) is 2.83. The zero-order chi connectivity index (χ0) is 16.6. The number of nitrogens with one attached hydrogen (secondary N) is 1. The lowest BCUT2D eigenvalue weighted by atomic mass is 9.72. The van der Waals surface area contributed by atoms with E-state index in [1.807, 2.05) is 0 Å². The Morgan fingerprint density at radius 1 is 1.35 bits per heavy atom. The third-order valence-corrected chi connectivity index (χ3v) is 6.05. The Labute approximate surface area is 146 Å². The van der Waals surface area contributed by atoms with Crippen molar-refractivity contribution in [3.63, 3.8) is 0 Å². The first-order valence-corrected chi connectivity index (χ1v) is 9.42. The molecular formula is C17H24ClN3OS. The van der Waals surface area contributed by atoms with Gasteiger partial charge < -0.3 is 10.4 Å². The number of rotatable bonds is 4. The molecule has 4 nitrogen and oxygen atoms in total. The van der Waals surface area contributed by atoms with Crippen molar-refractivity contribution in [2.45, 2.75) is 46.5 Å². The molecule has 3 rings (SSSR count). The van der Waals surface area contributed by atoms with Crippen LogP contribution in [0.25, 0.3) is 10.2 Å². The zero-order valence-corrected chi connectivity index (χ0v) is 15.5. The molecule has 0 aromatic carbocycles. The summed E-state index contributed by atoms with van der Waals surface area (Å²) in [4.78, 5) is 11.3. The molecule has 1 aliphatic carbocycles. The molecule has 2 aromatic rings. The molecule has 6 heteroatoms. The maximum absolute atomic E-state index is 8.97. The second kappa shape index (κ2) is 6.54. The first-order valence-electron chi connectivity index (χ1n) is 8.22. The number of aryl methyl sites for hydroxylation is 1. The fraction of sp³-hybridized carbons (Fsp3) is 0.647. The molecule has 0 amide bonds. The fourth-order valence-corrected chi connectivity index (χ4v) is 4.82. The van der Waals surface area contributed by atoms with Crippen LogP contribution in [-0.2, 0) is 12.8 Å². The van der Waals surface area contributed by atoms with Crippen molar-refractivity contribution in [1.82, 2.24) is 9.97 Å². The Hall–Kier alpha value is -0.910. The highest BCUT2D eigenvalue weighted by atomic mass is 35.5. The Morgan fingerprint density at radius 2 is 2.13 bits per heavy atom. The Kier molecular flexibility index (Phi) is 4.81. The lowest BCUT2D eigenvalue weighted by molar-refractivity contribution is 0.218. The van der Waals surface area contributed by atoms with Crippen LogP contribution in [0, 0.1) is 11.3 Å².